The molecule has 0 bridgehead atoms. The van der Waals surface area contributed by atoms with Crippen molar-refractivity contribution in [2.24, 2.45) is 0 Å². The highest BCUT2D eigenvalue weighted by Gasteiger charge is 2.00. The summed E-state index contributed by atoms with van der Waals surface area (Å²) in [7, 11) is 0. The first-order valence-electron chi connectivity index (χ1n) is 3.94. The number of halogens is 1. The minimum atomic E-state index is 0.635. The van der Waals surface area contributed by atoms with E-state index in [9.17, 15) is 0 Å². The molecular weight excluding hydrogens is 182 g/mol. The lowest BCUT2D eigenvalue weighted by atomic mass is 10.1. The van der Waals surface area contributed by atoms with Crippen molar-refractivity contribution in [1.82, 2.24) is 4.98 Å². The maximum absolute atomic E-state index is 5.98. The number of benzene rings is 1. The lowest BCUT2D eigenvalue weighted by Gasteiger charge is -2.01. The minimum absolute atomic E-state index is 0.635. The summed E-state index contributed by atoms with van der Waals surface area (Å²) in [6, 6.07) is 12.5. The molecule has 1 radical (unpaired) electrons. The Morgan fingerprint density at radius 3 is 2.85 bits per heavy atom. The fraction of sp³-hybridized carbons (Fsp3) is 0. The molecule has 1 heterocycles. The Morgan fingerprint density at radius 1 is 1.23 bits per heavy atom. The van der Waals surface area contributed by atoms with Crippen molar-refractivity contribution in [2.75, 3.05) is 0 Å². The number of nitrogens with zero attached hydrogens (tertiary/aromatic N) is 1. The summed E-state index contributed by atoms with van der Waals surface area (Å²) in [5.41, 5.74) is 1.99. The van der Waals surface area contributed by atoms with E-state index < -0.39 is 0 Å². The van der Waals surface area contributed by atoms with Gasteiger partial charge < -0.3 is 0 Å². The molecule has 0 aliphatic carbocycles. The first-order valence-corrected chi connectivity index (χ1v) is 4.32. The molecule has 2 rings (SSSR count). The van der Waals surface area contributed by atoms with Crippen molar-refractivity contribution >= 4 is 11.6 Å². The van der Waals surface area contributed by atoms with Crippen molar-refractivity contribution in [3.63, 3.8) is 0 Å². The summed E-state index contributed by atoms with van der Waals surface area (Å²) >= 11 is 5.98. The van der Waals surface area contributed by atoms with Gasteiger partial charge in [-0.25, -0.2) is 0 Å². The van der Waals surface area contributed by atoms with Crippen LogP contribution in [0.5, 0.6) is 0 Å². The van der Waals surface area contributed by atoms with E-state index >= 15 is 0 Å². The second-order valence-electron chi connectivity index (χ2n) is 2.64. The monoisotopic (exact) mass is 188 g/mol. The van der Waals surface area contributed by atoms with Crippen molar-refractivity contribution in [2.45, 2.75) is 0 Å². The molecule has 0 fully saturated rings. The molecule has 0 unspecified atom stereocenters. The van der Waals surface area contributed by atoms with Crippen molar-refractivity contribution < 1.29 is 0 Å². The molecule has 1 nitrogen and oxygen atoms in total. The second kappa shape index (κ2) is 3.58. The maximum Gasteiger partial charge on any atom is 0.0563 e. The molecule has 0 spiro atoms. The molecule has 0 atom stereocenters. The molecule has 0 aliphatic rings. The molecule has 2 heteroatoms. The summed E-state index contributed by atoms with van der Waals surface area (Å²) in [5, 5.41) is 0.635. The van der Waals surface area contributed by atoms with Crippen LogP contribution in [0.1, 0.15) is 0 Å². The van der Waals surface area contributed by atoms with Crippen LogP contribution in [-0.2, 0) is 0 Å². The van der Waals surface area contributed by atoms with Crippen LogP contribution in [0.2, 0.25) is 5.02 Å². The average molecular weight is 189 g/mol. The summed E-state index contributed by atoms with van der Waals surface area (Å²) < 4.78 is 0. The van der Waals surface area contributed by atoms with Gasteiger partial charge in [-0.15, -0.1) is 0 Å². The molecule has 1 aromatic carbocycles. The van der Waals surface area contributed by atoms with E-state index in [0.717, 1.165) is 11.1 Å². The van der Waals surface area contributed by atoms with E-state index in [1.807, 2.05) is 24.3 Å². The summed E-state index contributed by atoms with van der Waals surface area (Å²) in [6.45, 7) is 0. The first kappa shape index (κ1) is 8.27. The molecular formula is C11H7ClN. The van der Waals surface area contributed by atoms with Gasteiger partial charge in [0.15, 0.2) is 0 Å². The molecule has 0 N–H and O–H groups in total. The van der Waals surface area contributed by atoms with Gasteiger partial charge in [-0.3, -0.25) is 4.98 Å². The van der Waals surface area contributed by atoms with Crippen LogP contribution in [0, 0.1) is 6.07 Å². The highest BCUT2D eigenvalue weighted by molar-refractivity contribution is 6.33. The van der Waals surface area contributed by atoms with E-state index in [-0.39, 0.29) is 0 Å². The number of hydrogen-bond acceptors (Lipinski definition) is 1. The molecule has 0 amide bonds. The maximum atomic E-state index is 5.98. The molecule has 1 aromatic heterocycles. The largest absolute Gasteiger partial charge is 0.264 e. The quantitative estimate of drug-likeness (QED) is 0.670. The van der Waals surface area contributed by atoms with Gasteiger partial charge in [0.25, 0.3) is 0 Å². The Bertz CT molecular complexity index is 398. The van der Waals surface area contributed by atoms with Crippen molar-refractivity contribution in [3.05, 3.63) is 53.8 Å². The Balaban J connectivity index is 2.54. The fourth-order valence-corrected chi connectivity index (χ4v) is 1.40. The second-order valence-corrected chi connectivity index (χ2v) is 3.02. The van der Waals surface area contributed by atoms with Crippen molar-refractivity contribution in [3.8, 4) is 11.1 Å². The van der Waals surface area contributed by atoms with Gasteiger partial charge in [0.05, 0.1) is 5.02 Å². The first-order chi connectivity index (χ1) is 6.38. The molecule has 2 aromatic rings. The van der Waals surface area contributed by atoms with Gasteiger partial charge in [-0.2, -0.15) is 0 Å². The number of hydrogen-bond donors (Lipinski definition) is 0. The van der Waals surface area contributed by atoms with Crippen LogP contribution >= 0.6 is 11.6 Å². The van der Waals surface area contributed by atoms with Gasteiger partial charge in [-0.05, 0) is 6.07 Å². The van der Waals surface area contributed by atoms with Crippen molar-refractivity contribution in [1.29, 1.82) is 0 Å². The standard InChI is InChI=1S/C11H7ClN/c12-11-6-2-1-5-10(11)9-4-3-7-13-8-9/h1-5,7-8H. The van der Waals surface area contributed by atoms with Crippen LogP contribution in [0.25, 0.3) is 11.1 Å². The highest BCUT2D eigenvalue weighted by Crippen LogP contribution is 2.25. The SMILES string of the molecule is Clc1[c]cccc1-c1cccnc1. The van der Waals surface area contributed by atoms with Crippen LogP contribution in [-0.4, -0.2) is 4.98 Å². The van der Waals surface area contributed by atoms with Gasteiger partial charge in [0, 0.05) is 29.6 Å². The zero-order valence-corrected chi connectivity index (χ0v) is 7.62. The Hall–Kier alpha value is -1.34. The molecule has 0 aliphatic heterocycles. The van der Waals surface area contributed by atoms with Crippen LogP contribution in [0.4, 0.5) is 0 Å². The molecule has 63 valence electrons. The Kier molecular flexibility index (Phi) is 2.28. The number of aromatic nitrogens is 1. The van der Waals surface area contributed by atoms with E-state index in [1.54, 1.807) is 18.5 Å². The third-order valence-electron chi connectivity index (χ3n) is 1.78. The summed E-state index contributed by atoms with van der Waals surface area (Å²) in [6.07, 6.45) is 3.53. The number of pyridine rings is 1. The fourth-order valence-electron chi connectivity index (χ4n) is 1.16. The third kappa shape index (κ3) is 1.70. The molecule has 0 saturated heterocycles. The van der Waals surface area contributed by atoms with E-state index in [2.05, 4.69) is 11.1 Å². The number of rotatable bonds is 1. The predicted octanol–water partition coefficient (Wildman–Crippen LogP) is 3.20. The Morgan fingerprint density at radius 2 is 2.15 bits per heavy atom. The van der Waals surface area contributed by atoms with Gasteiger partial charge in [-0.1, -0.05) is 35.9 Å². The lowest BCUT2D eigenvalue weighted by molar-refractivity contribution is 1.33. The molecule has 0 saturated carbocycles. The predicted molar refractivity (Wildman–Crippen MR) is 53.5 cm³/mol. The van der Waals surface area contributed by atoms with Gasteiger partial charge >= 0.3 is 0 Å². The molecule has 13 heavy (non-hydrogen) atoms. The summed E-state index contributed by atoms with van der Waals surface area (Å²) in [4.78, 5) is 4.03. The third-order valence-corrected chi connectivity index (χ3v) is 2.09. The zero-order chi connectivity index (χ0) is 9.10. The topological polar surface area (TPSA) is 12.9 Å². The minimum Gasteiger partial charge on any atom is -0.264 e. The summed E-state index contributed by atoms with van der Waals surface area (Å²) in [5.74, 6) is 0. The van der Waals surface area contributed by atoms with E-state index in [4.69, 9.17) is 11.6 Å². The van der Waals surface area contributed by atoms with Gasteiger partial charge in [0.1, 0.15) is 0 Å². The van der Waals surface area contributed by atoms with Crippen LogP contribution < -0.4 is 0 Å². The van der Waals surface area contributed by atoms with Crippen LogP contribution in [0.15, 0.2) is 42.7 Å². The van der Waals surface area contributed by atoms with Crippen LogP contribution in [0.3, 0.4) is 0 Å². The average Bonchev–Trinajstić information content (AvgIpc) is 2.20. The smallest absolute Gasteiger partial charge is 0.0563 e. The van der Waals surface area contributed by atoms with E-state index in [0.29, 0.717) is 5.02 Å². The Labute approximate surface area is 82.0 Å². The zero-order valence-electron chi connectivity index (χ0n) is 6.87. The lowest BCUT2D eigenvalue weighted by Crippen LogP contribution is -1.79. The highest BCUT2D eigenvalue weighted by atomic mass is 35.5. The normalized spacial score (nSPS) is 9.92. The van der Waals surface area contributed by atoms with E-state index in [1.165, 1.54) is 0 Å². The van der Waals surface area contributed by atoms with Gasteiger partial charge in [0.2, 0.25) is 0 Å².